The molecule has 100 valence electrons. The van der Waals surface area contributed by atoms with E-state index in [-0.39, 0.29) is 17.5 Å². The normalized spacial score (nSPS) is 12.2. The molecule has 0 aliphatic heterocycles. The Morgan fingerprint density at radius 2 is 1.89 bits per heavy atom. The van der Waals surface area contributed by atoms with E-state index in [1.165, 1.54) is 12.1 Å². The molecule has 0 heterocycles. The largest absolute Gasteiger partial charge is 0.508 e. The highest BCUT2D eigenvalue weighted by atomic mass is 19.2. The highest BCUT2D eigenvalue weighted by Crippen LogP contribution is 2.29. The number of halogens is 2. The first-order chi connectivity index (χ1) is 8.99. The van der Waals surface area contributed by atoms with E-state index in [0.29, 0.717) is 5.56 Å². The zero-order valence-electron chi connectivity index (χ0n) is 10.7. The van der Waals surface area contributed by atoms with Crippen LogP contribution in [-0.4, -0.2) is 5.11 Å². The van der Waals surface area contributed by atoms with E-state index < -0.39 is 11.6 Å². The zero-order chi connectivity index (χ0) is 14.0. The van der Waals surface area contributed by atoms with Crippen molar-refractivity contribution in [3.05, 3.63) is 59.2 Å². The number of aryl methyl sites for hydroxylation is 1. The molecular weight excluding hydrogens is 248 g/mol. The SMILES string of the molecule is Cc1ccc(O)c(C(C)Nc2cccc(F)c2F)c1. The van der Waals surface area contributed by atoms with Gasteiger partial charge in [0.2, 0.25) is 0 Å². The van der Waals surface area contributed by atoms with Crippen molar-refractivity contribution in [1.29, 1.82) is 0 Å². The monoisotopic (exact) mass is 263 g/mol. The smallest absolute Gasteiger partial charge is 0.181 e. The van der Waals surface area contributed by atoms with Crippen molar-refractivity contribution >= 4 is 5.69 Å². The lowest BCUT2D eigenvalue weighted by atomic mass is 10.0. The molecule has 4 heteroatoms. The molecule has 2 aromatic carbocycles. The Morgan fingerprint density at radius 3 is 2.63 bits per heavy atom. The van der Waals surface area contributed by atoms with Crippen LogP contribution in [0.3, 0.4) is 0 Å². The number of anilines is 1. The Labute approximate surface area is 110 Å². The number of phenolic OH excluding ortho intramolecular Hbond substituents is 1. The fourth-order valence-electron chi connectivity index (χ4n) is 1.95. The van der Waals surface area contributed by atoms with Gasteiger partial charge < -0.3 is 10.4 Å². The van der Waals surface area contributed by atoms with Gasteiger partial charge in [0.1, 0.15) is 5.75 Å². The van der Waals surface area contributed by atoms with E-state index in [1.54, 1.807) is 19.1 Å². The lowest BCUT2D eigenvalue weighted by molar-refractivity contribution is 0.464. The molecule has 0 aliphatic carbocycles. The maximum Gasteiger partial charge on any atom is 0.181 e. The summed E-state index contributed by atoms with van der Waals surface area (Å²) < 4.78 is 26.7. The number of benzene rings is 2. The molecule has 0 saturated heterocycles. The van der Waals surface area contributed by atoms with Gasteiger partial charge in [0.15, 0.2) is 11.6 Å². The van der Waals surface area contributed by atoms with Gasteiger partial charge >= 0.3 is 0 Å². The van der Waals surface area contributed by atoms with Crippen LogP contribution in [0.1, 0.15) is 24.1 Å². The van der Waals surface area contributed by atoms with Crippen molar-refractivity contribution in [2.45, 2.75) is 19.9 Å². The second-order valence-corrected chi connectivity index (χ2v) is 4.53. The van der Waals surface area contributed by atoms with Crippen molar-refractivity contribution in [2.75, 3.05) is 5.32 Å². The van der Waals surface area contributed by atoms with Crippen LogP contribution in [0.15, 0.2) is 36.4 Å². The highest BCUT2D eigenvalue weighted by Gasteiger charge is 2.14. The average molecular weight is 263 g/mol. The molecule has 2 nitrogen and oxygen atoms in total. The quantitative estimate of drug-likeness (QED) is 0.871. The summed E-state index contributed by atoms with van der Waals surface area (Å²) in [6.07, 6.45) is 0. The van der Waals surface area contributed by atoms with Gasteiger partial charge in [-0.25, -0.2) is 8.78 Å². The van der Waals surface area contributed by atoms with Crippen LogP contribution >= 0.6 is 0 Å². The molecule has 0 saturated carbocycles. The Kier molecular flexibility index (Phi) is 3.69. The Bertz CT molecular complexity index is 599. The Hall–Kier alpha value is -2.10. The summed E-state index contributed by atoms with van der Waals surface area (Å²) in [5, 5.41) is 12.7. The molecular formula is C15H15F2NO. The first kappa shape index (κ1) is 13.3. The number of aromatic hydroxyl groups is 1. The van der Waals surface area contributed by atoms with Gasteiger partial charge in [0.25, 0.3) is 0 Å². The third-order valence-electron chi connectivity index (χ3n) is 2.97. The van der Waals surface area contributed by atoms with E-state index in [0.717, 1.165) is 11.6 Å². The minimum atomic E-state index is -0.915. The Balaban J connectivity index is 2.28. The molecule has 0 spiro atoms. The second-order valence-electron chi connectivity index (χ2n) is 4.53. The van der Waals surface area contributed by atoms with E-state index in [1.807, 2.05) is 13.0 Å². The maximum absolute atomic E-state index is 13.6. The molecule has 0 amide bonds. The summed E-state index contributed by atoms with van der Waals surface area (Å²) >= 11 is 0. The van der Waals surface area contributed by atoms with E-state index in [2.05, 4.69) is 5.32 Å². The molecule has 0 radical (unpaired) electrons. The van der Waals surface area contributed by atoms with Crippen molar-refractivity contribution in [3.63, 3.8) is 0 Å². The van der Waals surface area contributed by atoms with Crippen LogP contribution in [0.25, 0.3) is 0 Å². The third-order valence-corrected chi connectivity index (χ3v) is 2.97. The first-order valence-electron chi connectivity index (χ1n) is 5.99. The van der Waals surface area contributed by atoms with Crippen molar-refractivity contribution < 1.29 is 13.9 Å². The lowest BCUT2D eigenvalue weighted by Gasteiger charge is -2.18. The molecule has 2 N–H and O–H groups in total. The lowest BCUT2D eigenvalue weighted by Crippen LogP contribution is -2.09. The third kappa shape index (κ3) is 2.84. The molecule has 0 aliphatic rings. The second kappa shape index (κ2) is 5.26. The summed E-state index contributed by atoms with van der Waals surface area (Å²) in [7, 11) is 0. The van der Waals surface area contributed by atoms with Gasteiger partial charge in [-0.1, -0.05) is 23.8 Å². The predicted octanol–water partition coefficient (Wildman–Crippen LogP) is 4.15. The molecule has 2 rings (SSSR count). The van der Waals surface area contributed by atoms with Gasteiger partial charge in [0.05, 0.1) is 11.7 Å². The van der Waals surface area contributed by atoms with Gasteiger partial charge in [-0.15, -0.1) is 0 Å². The van der Waals surface area contributed by atoms with Gasteiger partial charge in [-0.05, 0) is 32.0 Å². The standard InChI is InChI=1S/C15H15F2NO/c1-9-6-7-14(19)11(8-9)10(2)18-13-5-3-4-12(16)15(13)17/h3-8,10,18-19H,1-2H3. The molecule has 0 aromatic heterocycles. The van der Waals surface area contributed by atoms with Crippen molar-refractivity contribution in [3.8, 4) is 5.75 Å². The number of rotatable bonds is 3. The number of phenols is 1. The predicted molar refractivity (Wildman–Crippen MR) is 71.2 cm³/mol. The Morgan fingerprint density at radius 1 is 1.16 bits per heavy atom. The van der Waals surface area contributed by atoms with Crippen LogP contribution in [-0.2, 0) is 0 Å². The van der Waals surface area contributed by atoms with Gasteiger partial charge in [-0.3, -0.25) is 0 Å². The summed E-state index contributed by atoms with van der Waals surface area (Å²) in [5.74, 6) is -1.69. The van der Waals surface area contributed by atoms with Crippen LogP contribution in [0.4, 0.5) is 14.5 Å². The summed E-state index contributed by atoms with van der Waals surface area (Å²) in [5.41, 5.74) is 1.71. The number of hydrogen-bond acceptors (Lipinski definition) is 2. The van der Waals surface area contributed by atoms with Crippen molar-refractivity contribution in [2.24, 2.45) is 0 Å². The topological polar surface area (TPSA) is 32.3 Å². The highest BCUT2D eigenvalue weighted by molar-refractivity contribution is 5.49. The molecule has 1 atom stereocenters. The first-order valence-corrected chi connectivity index (χ1v) is 5.99. The minimum absolute atomic E-state index is 0.0772. The fourth-order valence-corrected chi connectivity index (χ4v) is 1.95. The molecule has 1 unspecified atom stereocenters. The van der Waals surface area contributed by atoms with Gasteiger partial charge in [-0.2, -0.15) is 0 Å². The van der Waals surface area contributed by atoms with Crippen LogP contribution in [0, 0.1) is 18.6 Å². The zero-order valence-corrected chi connectivity index (χ0v) is 10.7. The molecule has 19 heavy (non-hydrogen) atoms. The van der Waals surface area contributed by atoms with E-state index in [4.69, 9.17) is 0 Å². The number of hydrogen-bond donors (Lipinski definition) is 2. The van der Waals surface area contributed by atoms with Crippen LogP contribution in [0.5, 0.6) is 5.75 Å². The van der Waals surface area contributed by atoms with E-state index in [9.17, 15) is 13.9 Å². The molecule has 0 fully saturated rings. The van der Waals surface area contributed by atoms with Crippen LogP contribution in [0.2, 0.25) is 0 Å². The maximum atomic E-state index is 13.6. The number of nitrogens with one attached hydrogen (secondary N) is 1. The summed E-state index contributed by atoms with van der Waals surface area (Å²) in [6.45, 7) is 3.68. The minimum Gasteiger partial charge on any atom is -0.508 e. The summed E-state index contributed by atoms with van der Waals surface area (Å²) in [6, 6.07) is 8.81. The van der Waals surface area contributed by atoms with Gasteiger partial charge in [0, 0.05) is 5.56 Å². The summed E-state index contributed by atoms with van der Waals surface area (Å²) in [4.78, 5) is 0. The van der Waals surface area contributed by atoms with Crippen LogP contribution < -0.4 is 5.32 Å². The molecule has 2 aromatic rings. The van der Waals surface area contributed by atoms with E-state index >= 15 is 0 Å². The van der Waals surface area contributed by atoms with Crippen molar-refractivity contribution in [1.82, 2.24) is 0 Å². The molecule has 0 bridgehead atoms. The fraction of sp³-hybridized carbons (Fsp3) is 0.200. The average Bonchev–Trinajstić information content (AvgIpc) is 2.38.